The third-order valence-corrected chi connectivity index (χ3v) is 4.81. The Labute approximate surface area is 158 Å². The van der Waals surface area contributed by atoms with Crippen molar-refractivity contribution < 1.29 is 17.4 Å². The van der Waals surface area contributed by atoms with E-state index in [1.807, 2.05) is 13.8 Å². The van der Waals surface area contributed by atoms with Gasteiger partial charge in [-0.05, 0) is 32.1 Å². The summed E-state index contributed by atoms with van der Waals surface area (Å²) in [7, 11) is 0. The Kier molecular flexibility index (Phi) is 10.5. The highest BCUT2D eigenvalue weighted by molar-refractivity contribution is 14.1. The Bertz CT molecular complexity index is 421. The van der Waals surface area contributed by atoms with Crippen molar-refractivity contribution in [3.05, 3.63) is 0 Å². The first-order valence-corrected chi connectivity index (χ1v) is 9.65. The minimum atomic E-state index is -0.0519. The highest BCUT2D eigenvalue weighted by atomic mass is 127. The lowest BCUT2D eigenvalue weighted by Gasteiger charge is -2.29. The Morgan fingerprint density at radius 3 is 2.29 bits per heavy atom. The number of Topliss-reactive ketones (excluding diaryl/α,β-unsaturated/α-hetero) is 1. The fourth-order valence-corrected chi connectivity index (χ4v) is 3.24. The molecule has 0 bridgehead atoms. The first-order chi connectivity index (χ1) is 11.4. The molecular formula is C17H29IN2O4. The van der Waals surface area contributed by atoms with Gasteiger partial charge in [0, 0.05) is 37.3 Å². The van der Waals surface area contributed by atoms with Crippen molar-refractivity contribution in [1.29, 1.82) is 0 Å². The number of nitrogens with one attached hydrogen (secondary N) is 2. The first-order valence-electron chi connectivity index (χ1n) is 8.77. The SMILES string of the molecule is CC(C)C(=O)C1CCC(NC(=O)CCCC(=O)NCCOI)CC1. The smallest absolute Gasteiger partial charge is 0.220 e. The van der Waals surface area contributed by atoms with Crippen LogP contribution in [0.15, 0.2) is 0 Å². The zero-order valence-corrected chi connectivity index (χ0v) is 16.8. The van der Waals surface area contributed by atoms with Crippen molar-refractivity contribution in [2.75, 3.05) is 13.2 Å². The maximum atomic E-state index is 12.0. The summed E-state index contributed by atoms with van der Waals surface area (Å²) in [4.78, 5) is 35.5. The highest BCUT2D eigenvalue weighted by Crippen LogP contribution is 2.27. The molecule has 0 heterocycles. The molecule has 1 rings (SSSR count). The van der Waals surface area contributed by atoms with Crippen LogP contribution >= 0.6 is 23.0 Å². The molecule has 2 N–H and O–H groups in total. The van der Waals surface area contributed by atoms with E-state index < -0.39 is 0 Å². The van der Waals surface area contributed by atoms with E-state index in [1.54, 1.807) is 23.0 Å². The molecule has 1 saturated carbocycles. The molecule has 0 unspecified atom stereocenters. The molecule has 0 aromatic heterocycles. The molecule has 1 aliphatic rings. The Morgan fingerprint density at radius 1 is 1.08 bits per heavy atom. The topological polar surface area (TPSA) is 84.5 Å². The van der Waals surface area contributed by atoms with E-state index in [4.69, 9.17) is 3.07 Å². The average Bonchev–Trinajstić information content (AvgIpc) is 2.55. The van der Waals surface area contributed by atoms with E-state index in [0.29, 0.717) is 38.2 Å². The third-order valence-electron chi connectivity index (χ3n) is 4.37. The average molecular weight is 452 g/mol. The van der Waals surface area contributed by atoms with E-state index >= 15 is 0 Å². The second-order valence-corrected chi connectivity index (χ2v) is 7.31. The van der Waals surface area contributed by atoms with E-state index in [2.05, 4.69) is 10.6 Å². The molecule has 6 nitrogen and oxygen atoms in total. The van der Waals surface area contributed by atoms with Crippen LogP contribution in [0.4, 0.5) is 0 Å². The molecule has 0 aromatic carbocycles. The predicted octanol–water partition coefficient (Wildman–Crippen LogP) is 2.54. The zero-order valence-electron chi connectivity index (χ0n) is 14.6. The number of ketones is 1. The monoisotopic (exact) mass is 452 g/mol. The Balaban J connectivity index is 2.14. The molecule has 138 valence electrons. The molecule has 24 heavy (non-hydrogen) atoms. The number of hydrogen-bond donors (Lipinski definition) is 2. The summed E-state index contributed by atoms with van der Waals surface area (Å²) in [5.74, 6) is 0.545. The molecule has 0 saturated heterocycles. The van der Waals surface area contributed by atoms with Crippen molar-refractivity contribution in [3.63, 3.8) is 0 Å². The molecule has 0 spiro atoms. The minimum Gasteiger partial charge on any atom is -0.354 e. The zero-order chi connectivity index (χ0) is 17.9. The van der Waals surface area contributed by atoms with Gasteiger partial charge in [0.15, 0.2) is 0 Å². The molecule has 0 aliphatic heterocycles. The first kappa shape index (κ1) is 21.3. The van der Waals surface area contributed by atoms with Gasteiger partial charge in [0.1, 0.15) is 28.8 Å². The maximum Gasteiger partial charge on any atom is 0.220 e. The van der Waals surface area contributed by atoms with Crippen LogP contribution in [0.1, 0.15) is 58.8 Å². The number of hydrogen-bond acceptors (Lipinski definition) is 4. The molecule has 0 atom stereocenters. The number of carbonyl (C=O) groups excluding carboxylic acids is 3. The summed E-state index contributed by atoms with van der Waals surface area (Å²) < 4.78 is 4.82. The van der Waals surface area contributed by atoms with Gasteiger partial charge < -0.3 is 13.7 Å². The Morgan fingerprint density at radius 2 is 1.71 bits per heavy atom. The second-order valence-electron chi connectivity index (χ2n) is 6.69. The van der Waals surface area contributed by atoms with Crippen LogP contribution in [-0.2, 0) is 17.4 Å². The van der Waals surface area contributed by atoms with Crippen LogP contribution in [0, 0.1) is 11.8 Å². The summed E-state index contributed by atoms with van der Waals surface area (Å²) in [5, 5.41) is 5.76. The predicted molar refractivity (Wildman–Crippen MR) is 101 cm³/mol. The second kappa shape index (κ2) is 11.8. The van der Waals surface area contributed by atoms with Crippen molar-refractivity contribution in [2.45, 2.75) is 64.8 Å². The van der Waals surface area contributed by atoms with Gasteiger partial charge in [0.25, 0.3) is 0 Å². The summed E-state index contributed by atoms with van der Waals surface area (Å²) in [6.45, 7) is 4.86. The minimum absolute atomic E-state index is 0.00275. The van der Waals surface area contributed by atoms with Gasteiger partial charge in [-0.3, -0.25) is 14.4 Å². The van der Waals surface area contributed by atoms with E-state index in [0.717, 1.165) is 25.7 Å². The quantitative estimate of drug-likeness (QED) is 0.394. The van der Waals surface area contributed by atoms with Crippen LogP contribution in [0.2, 0.25) is 0 Å². The highest BCUT2D eigenvalue weighted by Gasteiger charge is 2.28. The van der Waals surface area contributed by atoms with Crippen LogP contribution in [0.5, 0.6) is 0 Å². The van der Waals surface area contributed by atoms with Crippen LogP contribution in [0.25, 0.3) is 0 Å². The van der Waals surface area contributed by atoms with E-state index in [9.17, 15) is 14.4 Å². The van der Waals surface area contributed by atoms with Gasteiger partial charge in [-0.2, -0.15) is 0 Å². The maximum absolute atomic E-state index is 12.0. The van der Waals surface area contributed by atoms with Crippen molar-refractivity contribution in [3.8, 4) is 0 Å². The number of halogens is 1. The van der Waals surface area contributed by atoms with E-state index in [-0.39, 0.29) is 29.7 Å². The van der Waals surface area contributed by atoms with Crippen molar-refractivity contribution in [2.24, 2.45) is 11.8 Å². The Hall–Kier alpha value is -0.700. The summed E-state index contributed by atoms with van der Waals surface area (Å²) in [6, 6.07) is 0.170. The standard InChI is InChI=1S/C17H29IN2O4/c1-12(2)17(23)13-6-8-14(9-7-13)20-16(22)5-3-4-15(21)19-10-11-24-18/h12-14H,3-11H2,1-2H3,(H,19,21)(H,20,22). The lowest BCUT2D eigenvalue weighted by Crippen LogP contribution is -2.39. The van der Waals surface area contributed by atoms with Gasteiger partial charge in [-0.25, -0.2) is 0 Å². The molecule has 0 radical (unpaired) electrons. The van der Waals surface area contributed by atoms with Gasteiger partial charge in [-0.1, -0.05) is 13.8 Å². The summed E-state index contributed by atoms with van der Waals surface area (Å²) in [6.07, 6.45) is 4.72. The van der Waals surface area contributed by atoms with Gasteiger partial charge in [-0.15, -0.1) is 0 Å². The van der Waals surface area contributed by atoms with Gasteiger partial charge in [0.05, 0.1) is 6.61 Å². The lowest BCUT2D eigenvalue weighted by molar-refractivity contribution is -0.127. The number of carbonyl (C=O) groups is 3. The molecular weight excluding hydrogens is 423 g/mol. The molecule has 1 aliphatic carbocycles. The van der Waals surface area contributed by atoms with Gasteiger partial charge >= 0.3 is 0 Å². The van der Waals surface area contributed by atoms with E-state index in [1.165, 1.54) is 0 Å². The fourth-order valence-electron chi connectivity index (χ4n) is 3.02. The summed E-state index contributed by atoms with van der Waals surface area (Å²) >= 11 is 1.78. The van der Waals surface area contributed by atoms with Gasteiger partial charge in [0.2, 0.25) is 11.8 Å². The summed E-state index contributed by atoms with van der Waals surface area (Å²) in [5.41, 5.74) is 0. The van der Waals surface area contributed by atoms with Crippen molar-refractivity contribution in [1.82, 2.24) is 10.6 Å². The molecule has 1 fully saturated rings. The molecule has 2 amide bonds. The van der Waals surface area contributed by atoms with Crippen molar-refractivity contribution >= 4 is 40.6 Å². The fraction of sp³-hybridized carbons (Fsp3) is 0.824. The van der Waals surface area contributed by atoms with Crippen LogP contribution < -0.4 is 10.6 Å². The third kappa shape index (κ3) is 8.41. The molecule has 7 heteroatoms. The lowest BCUT2D eigenvalue weighted by atomic mass is 9.80. The van der Waals surface area contributed by atoms with Crippen LogP contribution in [0.3, 0.4) is 0 Å². The number of amides is 2. The normalized spacial score (nSPS) is 20.7. The largest absolute Gasteiger partial charge is 0.354 e. The molecule has 0 aromatic rings. The number of rotatable bonds is 10. The van der Waals surface area contributed by atoms with Crippen LogP contribution in [-0.4, -0.2) is 36.8 Å².